The number of hydrogen-bond donors (Lipinski definition) is 0. The van der Waals surface area contributed by atoms with Crippen LogP contribution in [0.3, 0.4) is 0 Å². The highest BCUT2D eigenvalue weighted by Crippen LogP contribution is 2.30. The number of carbonyl (C=O) groups excluding carboxylic acids is 1. The molecule has 0 bridgehead atoms. The number of rotatable bonds is 6. The molecule has 0 spiro atoms. The molecule has 0 aromatic heterocycles. The predicted molar refractivity (Wildman–Crippen MR) is 96.1 cm³/mol. The fourth-order valence-corrected chi connectivity index (χ4v) is 3.70. The fraction of sp³-hybridized carbons (Fsp3) is 0.133. The van der Waals surface area contributed by atoms with Gasteiger partial charge >= 0.3 is 5.97 Å². The molecule has 0 amide bonds. The van der Waals surface area contributed by atoms with Crippen LogP contribution in [-0.4, -0.2) is 33.0 Å². The molecule has 0 aliphatic rings. The molecule has 2 aromatic rings. The van der Waals surface area contributed by atoms with E-state index in [9.17, 15) is 23.3 Å². The summed E-state index contributed by atoms with van der Waals surface area (Å²) < 4.78 is 31.2. The number of anilines is 1. The van der Waals surface area contributed by atoms with Gasteiger partial charge in [0.2, 0.25) is 0 Å². The molecule has 0 fully saturated rings. The molecular formula is C15H12Cl2N2O6S. The number of hydrogen-bond acceptors (Lipinski definition) is 6. The summed E-state index contributed by atoms with van der Waals surface area (Å²) in [6, 6.07) is 8.31. The monoisotopic (exact) mass is 418 g/mol. The van der Waals surface area contributed by atoms with Crippen molar-refractivity contribution in [2.24, 2.45) is 0 Å². The lowest BCUT2D eigenvalue weighted by atomic mass is 10.3. The Kier molecular flexibility index (Phi) is 6.06. The molecule has 0 unspecified atom stereocenters. The number of sulfonamides is 1. The van der Waals surface area contributed by atoms with Gasteiger partial charge in [-0.2, -0.15) is 0 Å². The number of methoxy groups -OCH3 is 1. The quantitative estimate of drug-likeness (QED) is 0.404. The fourth-order valence-electron chi connectivity index (χ4n) is 2.00. The number of halogens is 2. The van der Waals surface area contributed by atoms with Gasteiger partial charge in [0, 0.05) is 12.1 Å². The minimum absolute atomic E-state index is 0.0863. The standard InChI is InChI=1S/C15H12Cl2N2O6S/c1-25-15(20)9-18(11-4-7-13(16)14(17)8-11)26(23,24)12-5-2-10(3-6-12)19(21)22/h2-8H,9H2,1H3. The van der Waals surface area contributed by atoms with E-state index in [2.05, 4.69) is 4.74 Å². The maximum atomic E-state index is 12.9. The van der Waals surface area contributed by atoms with Crippen molar-refractivity contribution >= 4 is 50.6 Å². The van der Waals surface area contributed by atoms with E-state index in [0.29, 0.717) is 0 Å². The highest BCUT2D eigenvalue weighted by atomic mass is 35.5. The number of esters is 1. The van der Waals surface area contributed by atoms with Crippen molar-refractivity contribution in [3.8, 4) is 0 Å². The van der Waals surface area contributed by atoms with Crippen molar-refractivity contribution in [1.29, 1.82) is 0 Å². The van der Waals surface area contributed by atoms with E-state index in [4.69, 9.17) is 23.2 Å². The molecule has 0 aliphatic carbocycles. The van der Waals surface area contributed by atoms with Crippen LogP contribution < -0.4 is 4.31 Å². The summed E-state index contributed by atoms with van der Waals surface area (Å²) in [5, 5.41) is 11.0. The second-order valence-corrected chi connectivity index (χ2v) is 7.61. The minimum atomic E-state index is -4.22. The summed E-state index contributed by atoms with van der Waals surface area (Å²) in [5.41, 5.74) is -0.179. The Morgan fingerprint density at radius 3 is 2.27 bits per heavy atom. The molecule has 0 heterocycles. The largest absolute Gasteiger partial charge is 0.468 e. The average Bonchev–Trinajstić information content (AvgIpc) is 2.61. The Morgan fingerprint density at radius 1 is 1.15 bits per heavy atom. The summed E-state index contributed by atoms with van der Waals surface area (Å²) in [4.78, 5) is 21.5. The molecule has 0 radical (unpaired) electrons. The maximum Gasteiger partial charge on any atom is 0.326 e. The molecular weight excluding hydrogens is 407 g/mol. The molecule has 26 heavy (non-hydrogen) atoms. The number of nitro groups is 1. The van der Waals surface area contributed by atoms with E-state index < -0.39 is 27.5 Å². The second kappa shape index (κ2) is 7.90. The summed E-state index contributed by atoms with van der Waals surface area (Å²) in [6.45, 7) is -0.617. The highest BCUT2D eigenvalue weighted by molar-refractivity contribution is 7.92. The first-order chi connectivity index (χ1) is 12.2. The van der Waals surface area contributed by atoms with Gasteiger partial charge in [0.15, 0.2) is 0 Å². The van der Waals surface area contributed by atoms with Gasteiger partial charge in [-0.25, -0.2) is 8.42 Å². The number of nitro benzene ring substituents is 1. The summed E-state index contributed by atoms with van der Waals surface area (Å²) in [5.74, 6) is -0.804. The summed E-state index contributed by atoms with van der Waals surface area (Å²) in [6.07, 6.45) is 0. The van der Waals surface area contributed by atoms with E-state index in [0.717, 1.165) is 35.7 Å². The summed E-state index contributed by atoms with van der Waals surface area (Å²) >= 11 is 11.8. The molecule has 0 saturated carbocycles. The Hall–Kier alpha value is -2.36. The number of ether oxygens (including phenoxy) is 1. The first-order valence-corrected chi connectivity index (χ1v) is 9.15. The molecule has 138 valence electrons. The molecule has 0 atom stereocenters. The Labute approximate surface area is 159 Å². The molecule has 8 nitrogen and oxygen atoms in total. The lowest BCUT2D eigenvalue weighted by molar-refractivity contribution is -0.384. The molecule has 0 N–H and O–H groups in total. The van der Waals surface area contributed by atoms with Crippen LogP contribution >= 0.6 is 23.2 Å². The third-order valence-electron chi connectivity index (χ3n) is 3.33. The topological polar surface area (TPSA) is 107 Å². The van der Waals surface area contributed by atoms with Crippen LogP contribution in [0.2, 0.25) is 10.0 Å². The first-order valence-electron chi connectivity index (χ1n) is 6.96. The van der Waals surface area contributed by atoms with Crippen LogP contribution in [0.4, 0.5) is 11.4 Å². The van der Waals surface area contributed by atoms with E-state index in [1.807, 2.05) is 0 Å². The van der Waals surface area contributed by atoms with Gasteiger partial charge in [-0.15, -0.1) is 0 Å². The van der Waals surface area contributed by atoms with Crippen LogP contribution in [0, 0.1) is 10.1 Å². The third-order valence-corrected chi connectivity index (χ3v) is 5.85. The Balaban J connectivity index is 2.53. The number of carbonyl (C=O) groups is 1. The average molecular weight is 419 g/mol. The van der Waals surface area contributed by atoms with E-state index >= 15 is 0 Å². The van der Waals surface area contributed by atoms with Gasteiger partial charge in [0.1, 0.15) is 6.54 Å². The Morgan fingerprint density at radius 2 is 1.77 bits per heavy atom. The van der Waals surface area contributed by atoms with Gasteiger partial charge in [0.25, 0.3) is 15.7 Å². The number of nitrogens with zero attached hydrogens (tertiary/aromatic N) is 2. The molecule has 0 saturated heterocycles. The second-order valence-electron chi connectivity index (χ2n) is 4.94. The van der Waals surface area contributed by atoms with Crippen molar-refractivity contribution in [1.82, 2.24) is 0 Å². The van der Waals surface area contributed by atoms with Crippen LogP contribution in [-0.2, 0) is 19.6 Å². The lowest BCUT2D eigenvalue weighted by Gasteiger charge is -2.23. The molecule has 2 aromatic carbocycles. The van der Waals surface area contributed by atoms with Crippen LogP contribution in [0.25, 0.3) is 0 Å². The summed E-state index contributed by atoms with van der Waals surface area (Å²) in [7, 11) is -3.10. The molecule has 2 rings (SSSR count). The zero-order valence-corrected chi connectivity index (χ0v) is 15.6. The van der Waals surface area contributed by atoms with Gasteiger partial charge in [0.05, 0.1) is 32.7 Å². The van der Waals surface area contributed by atoms with Crippen molar-refractivity contribution in [3.63, 3.8) is 0 Å². The predicted octanol–water partition coefficient (Wildman–Crippen LogP) is 3.27. The third kappa shape index (κ3) is 4.24. The zero-order valence-electron chi connectivity index (χ0n) is 13.3. The van der Waals surface area contributed by atoms with Gasteiger partial charge in [-0.3, -0.25) is 19.2 Å². The normalized spacial score (nSPS) is 11.0. The van der Waals surface area contributed by atoms with Gasteiger partial charge in [-0.1, -0.05) is 23.2 Å². The number of non-ortho nitro benzene ring substituents is 1. The SMILES string of the molecule is COC(=O)CN(c1ccc(Cl)c(Cl)c1)S(=O)(=O)c1ccc([N+](=O)[O-])cc1. The number of benzene rings is 2. The smallest absolute Gasteiger partial charge is 0.326 e. The zero-order chi connectivity index (χ0) is 19.5. The van der Waals surface area contributed by atoms with Crippen LogP contribution in [0.15, 0.2) is 47.4 Å². The molecule has 0 aliphatic heterocycles. The van der Waals surface area contributed by atoms with Crippen LogP contribution in [0.5, 0.6) is 0 Å². The highest BCUT2D eigenvalue weighted by Gasteiger charge is 2.28. The van der Waals surface area contributed by atoms with Crippen molar-refractivity contribution < 1.29 is 22.9 Å². The lowest BCUT2D eigenvalue weighted by Crippen LogP contribution is -2.36. The van der Waals surface area contributed by atoms with Crippen molar-refractivity contribution in [3.05, 3.63) is 62.6 Å². The van der Waals surface area contributed by atoms with E-state index in [1.54, 1.807) is 0 Å². The Bertz CT molecular complexity index is 947. The van der Waals surface area contributed by atoms with Gasteiger partial charge in [-0.05, 0) is 30.3 Å². The molecule has 11 heteroatoms. The minimum Gasteiger partial charge on any atom is -0.468 e. The van der Waals surface area contributed by atoms with Crippen molar-refractivity contribution in [2.75, 3.05) is 18.0 Å². The first kappa shape index (κ1) is 20.0. The van der Waals surface area contributed by atoms with E-state index in [1.165, 1.54) is 18.2 Å². The van der Waals surface area contributed by atoms with Crippen molar-refractivity contribution in [2.45, 2.75) is 4.90 Å². The van der Waals surface area contributed by atoms with E-state index in [-0.39, 0.29) is 26.3 Å². The van der Waals surface area contributed by atoms with Crippen LogP contribution in [0.1, 0.15) is 0 Å². The maximum absolute atomic E-state index is 12.9. The van der Waals surface area contributed by atoms with Gasteiger partial charge < -0.3 is 4.74 Å².